The van der Waals surface area contributed by atoms with Gasteiger partial charge in [-0.05, 0) is 55.8 Å². The van der Waals surface area contributed by atoms with Gasteiger partial charge in [-0.1, -0.05) is 6.07 Å². The maximum absolute atomic E-state index is 12.3. The van der Waals surface area contributed by atoms with E-state index in [-0.39, 0.29) is 11.5 Å². The molecule has 0 aromatic heterocycles. The second kappa shape index (κ2) is 8.84. The minimum Gasteiger partial charge on any atom is -0.495 e. The van der Waals surface area contributed by atoms with Crippen LogP contribution >= 0.6 is 0 Å². The number of amides is 2. The molecule has 0 fully saturated rings. The Labute approximate surface area is 157 Å². The molecular weight excluding hydrogens is 348 g/mol. The summed E-state index contributed by atoms with van der Waals surface area (Å²) in [7, 11) is 1.51. The highest BCUT2D eigenvalue weighted by atomic mass is 16.5. The van der Waals surface area contributed by atoms with Crippen LogP contribution in [0.1, 0.15) is 29.8 Å². The Balaban J connectivity index is 2.00. The Morgan fingerprint density at radius 3 is 2.26 bits per heavy atom. The van der Waals surface area contributed by atoms with Crippen molar-refractivity contribution in [2.75, 3.05) is 17.7 Å². The molecule has 2 rings (SSSR count). The Morgan fingerprint density at radius 1 is 1.00 bits per heavy atom. The van der Waals surface area contributed by atoms with Gasteiger partial charge in [-0.2, -0.15) is 0 Å². The number of rotatable bonds is 6. The summed E-state index contributed by atoms with van der Waals surface area (Å²) < 4.78 is 10.4. The highest BCUT2D eigenvalue weighted by Gasteiger charge is 2.20. The molecule has 0 aliphatic heterocycles. The molecule has 2 amide bonds. The number of carbonyl (C=O) groups is 3. The lowest BCUT2D eigenvalue weighted by molar-refractivity contribution is -0.123. The first-order valence-electron chi connectivity index (χ1n) is 8.34. The first-order chi connectivity index (χ1) is 12.8. The lowest BCUT2D eigenvalue weighted by atomic mass is 10.2. The lowest BCUT2D eigenvalue weighted by Crippen LogP contribution is -2.30. The van der Waals surface area contributed by atoms with Crippen LogP contribution < -0.4 is 15.4 Å². The largest absolute Gasteiger partial charge is 0.495 e. The molecule has 0 bridgehead atoms. The molecule has 2 aromatic carbocycles. The molecule has 7 nitrogen and oxygen atoms in total. The van der Waals surface area contributed by atoms with Gasteiger partial charge in [0.1, 0.15) is 5.75 Å². The fourth-order valence-electron chi connectivity index (χ4n) is 2.33. The summed E-state index contributed by atoms with van der Waals surface area (Å²) in [5.41, 5.74) is 2.30. The molecule has 2 aromatic rings. The molecule has 0 aliphatic carbocycles. The zero-order valence-corrected chi connectivity index (χ0v) is 15.7. The third-order valence-electron chi connectivity index (χ3n) is 3.71. The minimum absolute atomic E-state index is 0.206. The Morgan fingerprint density at radius 2 is 1.67 bits per heavy atom. The summed E-state index contributed by atoms with van der Waals surface area (Å²) in [4.78, 5) is 35.6. The van der Waals surface area contributed by atoms with Crippen LogP contribution in [0.25, 0.3) is 0 Å². The number of benzene rings is 2. The fraction of sp³-hybridized carbons (Fsp3) is 0.250. The molecule has 142 valence electrons. The van der Waals surface area contributed by atoms with E-state index in [4.69, 9.17) is 9.47 Å². The molecule has 0 aliphatic rings. The van der Waals surface area contributed by atoms with E-state index in [2.05, 4.69) is 10.6 Å². The van der Waals surface area contributed by atoms with E-state index >= 15 is 0 Å². The van der Waals surface area contributed by atoms with E-state index in [1.807, 2.05) is 13.0 Å². The van der Waals surface area contributed by atoms with E-state index in [0.29, 0.717) is 17.1 Å². The molecule has 2 N–H and O–H groups in total. The third kappa shape index (κ3) is 5.57. The zero-order chi connectivity index (χ0) is 20.0. The quantitative estimate of drug-likeness (QED) is 0.762. The van der Waals surface area contributed by atoms with Crippen LogP contribution in [0.3, 0.4) is 0 Å². The fourth-order valence-corrected chi connectivity index (χ4v) is 2.33. The van der Waals surface area contributed by atoms with Gasteiger partial charge < -0.3 is 20.1 Å². The number of hydrogen-bond donors (Lipinski definition) is 2. The SMILES string of the molecule is COc1ccc(C)cc1NC(=O)[C@@H](C)OC(=O)c1ccc(NC(C)=O)cc1. The lowest BCUT2D eigenvalue weighted by Gasteiger charge is -2.15. The summed E-state index contributed by atoms with van der Waals surface area (Å²) in [6, 6.07) is 11.6. The number of hydrogen-bond acceptors (Lipinski definition) is 5. The van der Waals surface area contributed by atoms with Crippen molar-refractivity contribution in [3.05, 3.63) is 53.6 Å². The second-order valence-electron chi connectivity index (χ2n) is 6.00. The van der Waals surface area contributed by atoms with Crippen molar-refractivity contribution in [2.24, 2.45) is 0 Å². The second-order valence-corrected chi connectivity index (χ2v) is 6.00. The number of aryl methyl sites for hydroxylation is 1. The van der Waals surface area contributed by atoms with Crippen LogP contribution in [0.4, 0.5) is 11.4 Å². The maximum atomic E-state index is 12.3. The average Bonchev–Trinajstić information content (AvgIpc) is 2.61. The van der Waals surface area contributed by atoms with E-state index < -0.39 is 18.0 Å². The van der Waals surface area contributed by atoms with Gasteiger partial charge in [0.05, 0.1) is 18.4 Å². The van der Waals surface area contributed by atoms with Gasteiger partial charge in [0, 0.05) is 12.6 Å². The van der Waals surface area contributed by atoms with Gasteiger partial charge in [0.2, 0.25) is 5.91 Å². The summed E-state index contributed by atoms with van der Waals surface area (Å²) in [6.45, 7) is 4.77. The average molecular weight is 370 g/mol. The van der Waals surface area contributed by atoms with Crippen molar-refractivity contribution in [1.82, 2.24) is 0 Å². The molecular formula is C20H22N2O5. The van der Waals surface area contributed by atoms with Crippen LogP contribution in [-0.4, -0.2) is 31.0 Å². The number of ether oxygens (including phenoxy) is 2. The van der Waals surface area contributed by atoms with Gasteiger partial charge in [0.25, 0.3) is 5.91 Å². The predicted octanol–water partition coefficient (Wildman–Crippen LogP) is 3.15. The molecule has 0 unspecified atom stereocenters. The van der Waals surface area contributed by atoms with Crippen molar-refractivity contribution in [2.45, 2.75) is 26.9 Å². The molecule has 0 heterocycles. The highest BCUT2D eigenvalue weighted by Crippen LogP contribution is 2.25. The van der Waals surface area contributed by atoms with Gasteiger partial charge in [-0.15, -0.1) is 0 Å². The Kier molecular flexibility index (Phi) is 6.54. The van der Waals surface area contributed by atoms with Crippen molar-refractivity contribution >= 4 is 29.2 Å². The number of esters is 1. The summed E-state index contributed by atoms with van der Waals surface area (Å²) in [6.07, 6.45) is -1.00. The van der Waals surface area contributed by atoms with Crippen molar-refractivity contribution in [3.8, 4) is 5.75 Å². The first kappa shape index (κ1) is 20.0. The smallest absolute Gasteiger partial charge is 0.338 e. The topological polar surface area (TPSA) is 93.7 Å². The van der Waals surface area contributed by atoms with E-state index in [1.165, 1.54) is 33.1 Å². The number of methoxy groups -OCH3 is 1. The number of carbonyl (C=O) groups excluding carboxylic acids is 3. The van der Waals surface area contributed by atoms with Gasteiger partial charge in [0.15, 0.2) is 6.10 Å². The van der Waals surface area contributed by atoms with Crippen LogP contribution in [0.5, 0.6) is 5.75 Å². The number of nitrogens with one attached hydrogen (secondary N) is 2. The van der Waals surface area contributed by atoms with Gasteiger partial charge in [-0.3, -0.25) is 9.59 Å². The molecule has 7 heteroatoms. The monoisotopic (exact) mass is 370 g/mol. The summed E-state index contributed by atoms with van der Waals surface area (Å²) in [5.74, 6) is -0.798. The first-order valence-corrected chi connectivity index (χ1v) is 8.34. The van der Waals surface area contributed by atoms with E-state index in [0.717, 1.165) is 5.56 Å². The van der Waals surface area contributed by atoms with Gasteiger partial charge in [-0.25, -0.2) is 4.79 Å². The van der Waals surface area contributed by atoms with E-state index in [1.54, 1.807) is 24.3 Å². The van der Waals surface area contributed by atoms with E-state index in [9.17, 15) is 14.4 Å². The predicted molar refractivity (Wildman–Crippen MR) is 102 cm³/mol. The molecule has 0 saturated carbocycles. The van der Waals surface area contributed by atoms with Gasteiger partial charge >= 0.3 is 5.97 Å². The van der Waals surface area contributed by atoms with Crippen molar-refractivity contribution in [1.29, 1.82) is 0 Å². The normalized spacial score (nSPS) is 11.3. The molecule has 0 radical (unpaired) electrons. The molecule has 1 atom stereocenters. The highest BCUT2D eigenvalue weighted by molar-refractivity contribution is 5.98. The molecule has 0 spiro atoms. The van der Waals surface area contributed by atoms with Crippen LogP contribution in [0.15, 0.2) is 42.5 Å². The van der Waals surface area contributed by atoms with Crippen LogP contribution in [0, 0.1) is 6.92 Å². The van der Waals surface area contributed by atoms with Crippen molar-refractivity contribution < 1.29 is 23.9 Å². The zero-order valence-electron chi connectivity index (χ0n) is 15.7. The standard InChI is InChI=1S/C20H22N2O5/c1-12-5-10-18(26-4)17(11-12)22-19(24)13(2)27-20(25)15-6-8-16(9-7-15)21-14(3)23/h5-11,13H,1-4H3,(H,21,23)(H,22,24)/t13-/m1/s1. The van der Waals surface area contributed by atoms with Crippen LogP contribution in [0.2, 0.25) is 0 Å². The minimum atomic E-state index is -1.00. The summed E-state index contributed by atoms with van der Waals surface area (Å²) >= 11 is 0. The Hall–Kier alpha value is -3.35. The van der Waals surface area contributed by atoms with Crippen LogP contribution in [-0.2, 0) is 14.3 Å². The molecule has 0 saturated heterocycles. The summed E-state index contributed by atoms with van der Waals surface area (Å²) in [5, 5.41) is 5.31. The third-order valence-corrected chi connectivity index (χ3v) is 3.71. The molecule has 27 heavy (non-hydrogen) atoms. The Bertz CT molecular complexity index is 846. The van der Waals surface area contributed by atoms with Crippen molar-refractivity contribution in [3.63, 3.8) is 0 Å². The maximum Gasteiger partial charge on any atom is 0.338 e. The number of anilines is 2.